The molecule has 1 aromatic carbocycles. The highest BCUT2D eigenvalue weighted by Gasteiger charge is 2.40. The van der Waals surface area contributed by atoms with Crippen molar-refractivity contribution in [3.8, 4) is 0 Å². The van der Waals surface area contributed by atoms with Gasteiger partial charge in [-0.05, 0) is 56.7 Å². The van der Waals surface area contributed by atoms with Crippen LogP contribution in [0, 0.1) is 0 Å². The Balaban J connectivity index is 1.35. The van der Waals surface area contributed by atoms with Crippen molar-refractivity contribution in [1.82, 2.24) is 19.2 Å². The molecule has 1 saturated heterocycles. The molecule has 3 heterocycles. The number of hydrogen-bond acceptors (Lipinski definition) is 7. The third-order valence-corrected chi connectivity index (χ3v) is 6.63. The monoisotopic (exact) mass is 547 g/mol. The molecule has 0 radical (unpaired) electrons. The van der Waals surface area contributed by atoms with Gasteiger partial charge in [0, 0.05) is 19.4 Å². The van der Waals surface area contributed by atoms with Gasteiger partial charge in [-0.25, -0.2) is 14.6 Å². The smallest absolute Gasteiger partial charge is 0.410 e. The summed E-state index contributed by atoms with van der Waals surface area (Å²) < 4.78 is 12.6. The maximum atomic E-state index is 13.4. The minimum absolute atomic E-state index is 0.0538. The molecule has 1 saturated carbocycles. The molecule has 210 valence electrons. The quantitative estimate of drug-likeness (QED) is 0.308. The highest BCUT2D eigenvalue weighted by molar-refractivity contribution is 6.14. The summed E-state index contributed by atoms with van der Waals surface area (Å²) in [5.74, 6) is -0.790. The van der Waals surface area contributed by atoms with Crippen LogP contribution >= 0.6 is 0 Å². The lowest BCUT2D eigenvalue weighted by molar-refractivity contribution is -0.147. The van der Waals surface area contributed by atoms with Crippen molar-refractivity contribution in [3.63, 3.8) is 0 Å². The third kappa shape index (κ3) is 6.08. The van der Waals surface area contributed by atoms with E-state index in [1.165, 1.54) is 9.80 Å². The summed E-state index contributed by atoms with van der Waals surface area (Å²) in [5.41, 5.74) is 2.78. The Bertz CT molecular complexity index is 1460. The van der Waals surface area contributed by atoms with Gasteiger partial charge in [-0.2, -0.15) is 0 Å². The van der Waals surface area contributed by atoms with Crippen LogP contribution in [0.25, 0.3) is 5.65 Å². The molecule has 4 amide bonds. The van der Waals surface area contributed by atoms with E-state index in [9.17, 15) is 19.2 Å². The molecule has 1 aliphatic heterocycles. The van der Waals surface area contributed by atoms with Crippen LogP contribution in [-0.2, 0) is 32.2 Å². The molecule has 0 spiro atoms. The number of carbonyl (C=O) groups is 4. The molecule has 2 fully saturated rings. The van der Waals surface area contributed by atoms with E-state index in [1.807, 2.05) is 53.2 Å². The van der Waals surface area contributed by atoms with Crippen LogP contribution in [0.15, 0.2) is 48.8 Å². The van der Waals surface area contributed by atoms with Gasteiger partial charge in [-0.3, -0.25) is 19.4 Å². The van der Waals surface area contributed by atoms with Gasteiger partial charge in [0.25, 0.3) is 5.91 Å². The zero-order valence-corrected chi connectivity index (χ0v) is 23.1. The first-order valence-electron chi connectivity index (χ1n) is 13.3. The predicted octanol–water partition coefficient (Wildman–Crippen LogP) is 4.09. The van der Waals surface area contributed by atoms with Gasteiger partial charge < -0.3 is 18.8 Å². The van der Waals surface area contributed by atoms with E-state index < -0.39 is 36.1 Å². The van der Waals surface area contributed by atoms with Crippen molar-refractivity contribution in [1.29, 1.82) is 0 Å². The van der Waals surface area contributed by atoms with Crippen molar-refractivity contribution < 1.29 is 28.7 Å². The number of pyridine rings is 1. The number of carbonyl (C=O) groups excluding carboxylic acids is 4. The molecule has 2 aromatic heterocycles. The van der Waals surface area contributed by atoms with Crippen LogP contribution in [0.2, 0.25) is 0 Å². The van der Waals surface area contributed by atoms with Crippen LogP contribution in [0.3, 0.4) is 0 Å². The van der Waals surface area contributed by atoms with E-state index in [-0.39, 0.29) is 19.7 Å². The molecule has 3 aromatic rings. The lowest BCUT2D eigenvalue weighted by atomic mass is 10.1. The third-order valence-electron chi connectivity index (χ3n) is 6.63. The Kier molecular flexibility index (Phi) is 7.22. The van der Waals surface area contributed by atoms with E-state index in [0.717, 1.165) is 28.9 Å². The van der Waals surface area contributed by atoms with E-state index in [4.69, 9.17) is 14.5 Å². The number of nitrogens with zero attached hydrogens (tertiary/aromatic N) is 5. The summed E-state index contributed by atoms with van der Waals surface area (Å²) in [7, 11) is 1.63. The Morgan fingerprint density at radius 1 is 1.10 bits per heavy atom. The number of rotatable bonds is 8. The van der Waals surface area contributed by atoms with Gasteiger partial charge in [-0.1, -0.05) is 30.3 Å². The van der Waals surface area contributed by atoms with Crippen LogP contribution < -0.4 is 4.90 Å². The average molecular weight is 548 g/mol. The number of benzene rings is 1. The van der Waals surface area contributed by atoms with E-state index >= 15 is 0 Å². The van der Waals surface area contributed by atoms with Crippen molar-refractivity contribution in [2.24, 2.45) is 0 Å². The fourth-order valence-corrected chi connectivity index (χ4v) is 4.51. The number of anilines is 1. The summed E-state index contributed by atoms with van der Waals surface area (Å²) in [5, 5.41) is 0. The Labute approximate surface area is 232 Å². The second-order valence-electron chi connectivity index (χ2n) is 11.2. The summed E-state index contributed by atoms with van der Waals surface area (Å²) in [6.07, 6.45) is 5.40. The average Bonchev–Trinajstić information content (AvgIpc) is 3.61. The van der Waals surface area contributed by atoms with E-state index in [2.05, 4.69) is 0 Å². The maximum absolute atomic E-state index is 13.4. The fourth-order valence-electron chi connectivity index (χ4n) is 4.51. The Morgan fingerprint density at radius 2 is 1.82 bits per heavy atom. The number of imidazole rings is 1. The van der Waals surface area contributed by atoms with Gasteiger partial charge in [0.05, 0.1) is 17.9 Å². The fraction of sp³-hybridized carbons (Fsp3) is 0.414. The lowest BCUT2D eigenvalue weighted by Crippen LogP contribution is -2.37. The van der Waals surface area contributed by atoms with Gasteiger partial charge in [0.1, 0.15) is 25.3 Å². The van der Waals surface area contributed by atoms with Crippen LogP contribution in [0.5, 0.6) is 0 Å². The minimum Gasteiger partial charge on any atom is -0.459 e. The Morgan fingerprint density at radius 3 is 2.50 bits per heavy atom. The molecule has 11 heteroatoms. The topological polar surface area (TPSA) is 114 Å². The van der Waals surface area contributed by atoms with Crippen molar-refractivity contribution in [2.45, 2.75) is 58.3 Å². The molecule has 5 rings (SSSR count). The molecule has 11 nitrogen and oxygen atoms in total. The minimum atomic E-state index is -0.669. The number of aromatic nitrogens is 2. The van der Waals surface area contributed by atoms with Gasteiger partial charge in [-0.15, -0.1) is 0 Å². The second-order valence-corrected chi connectivity index (χ2v) is 11.2. The van der Waals surface area contributed by atoms with E-state index in [1.54, 1.807) is 27.8 Å². The first-order chi connectivity index (χ1) is 19.0. The zero-order chi connectivity index (χ0) is 28.6. The highest BCUT2D eigenvalue weighted by Crippen LogP contribution is 2.42. The molecule has 0 N–H and O–H groups in total. The van der Waals surface area contributed by atoms with E-state index in [0.29, 0.717) is 22.9 Å². The molecule has 1 aliphatic carbocycles. The first-order valence-corrected chi connectivity index (χ1v) is 13.3. The standard InChI is InChI=1S/C29H33N5O6/c1-29(2,3)40-28(38)31(4)14-22-15-32-13-21(20-10-11-20)12-23(26(32)30-22)33-16-24(35)34(27(33)37)17-25(36)39-18-19-8-6-5-7-9-19/h5-9,12-13,15,20H,10-11,14,16-18H2,1-4H3. The first kappa shape index (κ1) is 27.2. The SMILES string of the molecule is CN(Cc1cn2cc(C3CC3)cc(N3CC(=O)N(CC(=O)OCc4ccccc4)C3=O)c2n1)C(=O)OC(C)(C)C. The summed E-state index contributed by atoms with van der Waals surface area (Å²) in [6.45, 7) is 4.97. The summed E-state index contributed by atoms with van der Waals surface area (Å²) >= 11 is 0. The maximum Gasteiger partial charge on any atom is 0.410 e. The number of imide groups is 1. The van der Waals surface area contributed by atoms with Crippen LogP contribution in [0.4, 0.5) is 15.3 Å². The number of ether oxygens (including phenoxy) is 2. The van der Waals surface area contributed by atoms with Crippen LogP contribution in [0.1, 0.15) is 56.4 Å². The molecule has 40 heavy (non-hydrogen) atoms. The summed E-state index contributed by atoms with van der Waals surface area (Å²) in [6, 6.07) is 10.5. The number of amides is 4. The van der Waals surface area contributed by atoms with Gasteiger partial charge in [0.15, 0.2) is 5.65 Å². The number of urea groups is 1. The Hall–Kier alpha value is -4.41. The van der Waals surface area contributed by atoms with Gasteiger partial charge >= 0.3 is 18.1 Å². The normalized spacial score (nSPS) is 15.6. The molecular weight excluding hydrogens is 514 g/mol. The summed E-state index contributed by atoms with van der Waals surface area (Å²) in [4.78, 5) is 59.6. The van der Waals surface area contributed by atoms with Gasteiger partial charge in [0.2, 0.25) is 0 Å². The number of fused-ring (bicyclic) bond motifs is 1. The second kappa shape index (κ2) is 10.6. The molecular formula is C29H33N5O6. The van der Waals surface area contributed by atoms with Crippen molar-refractivity contribution >= 4 is 35.3 Å². The molecule has 0 bridgehead atoms. The molecule has 2 aliphatic rings. The van der Waals surface area contributed by atoms with Crippen LogP contribution in [-0.4, -0.2) is 68.9 Å². The lowest BCUT2D eigenvalue weighted by Gasteiger charge is -2.24. The van der Waals surface area contributed by atoms with Crippen molar-refractivity contribution in [2.75, 3.05) is 25.0 Å². The highest BCUT2D eigenvalue weighted by atomic mass is 16.6. The largest absolute Gasteiger partial charge is 0.459 e. The molecule has 0 unspecified atom stereocenters. The number of hydrogen-bond donors (Lipinski definition) is 0. The zero-order valence-electron chi connectivity index (χ0n) is 23.1. The number of esters is 1. The predicted molar refractivity (Wildman–Crippen MR) is 146 cm³/mol. The van der Waals surface area contributed by atoms with Crippen molar-refractivity contribution in [3.05, 3.63) is 65.6 Å². The molecule has 0 atom stereocenters.